The van der Waals surface area contributed by atoms with E-state index in [1.165, 1.54) is 57.8 Å². The Morgan fingerprint density at radius 1 is 0.633 bits per heavy atom. The highest BCUT2D eigenvalue weighted by atomic mass is 31.2. The first kappa shape index (κ1) is 47.0. The molecule has 12 heteroatoms. The highest BCUT2D eigenvalue weighted by molar-refractivity contribution is 7.47. The van der Waals surface area contributed by atoms with Crippen molar-refractivity contribution in [2.45, 2.75) is 174 Å². The molecule has 49 heavy (non-hydrogen) atoms. The number of allylic oxidation sites excluding steroid dienone is 4. The van der Waals surface area contributed by atoms with Crippen LogP contribution in [0.5, 0.6) is 0 Å². The third-order valence-corrected chi connectivity index (χ3v) is 8.90. The highest BCUT2D eigenvalue weighted by Gasteiger charge is 2.28. The van der Waals surface area contributed by atoms with Crippen LogP contribution in [-0.2, 0) is 37.5 Å². The summed E-state index contributed by atoms with van der Waals surface area (Å²) in [4.78, 5) is 45.7. The molecule has 0 aromatic rings. The zero-order chi connectivity index (χ0) is 36.4. The van der Waals surface area contributed by atoms with Crippen molar-refractivity contribution in [3.05, 3.63) is 24.3 Å². The van der Waals surface area contributed by atoms with Gasteiger partial charge in [0.2, 0.25) is 0 Å². The quantitative estimate of drug-likeness (QED) is 0.0247. The maximum Gasteiger partial charge on any atom is 0.472 e. The molecule has 0 saturated carbocycles. The topological polar surface area (TPSA) is 172 Å². The third-order valence-electron chi connectivity index (χ3n) is 7.95. The van der Waals surface area contributed by atoms with Gasteiger partial charge in [-0.05, 0) is 38.5 Å². The molecule has 0 aliphatic carbocycles. The molecule has 0 aromatic heterocycles. The molecule has 0 rings (SSSR count). The summed E-state index contributed by atoms with van der Waals surface area (Å²) < 4.78 is 32.5. The molecule has 0 amide bonds. The van der Waals surface area contributed by atoms with Gasteiger partial charge in [-0.3, -0.25) is 23.4 Å². The molecule has 0 aromatic carbocycles. The fourth-order valence-corrected chi connectivity index (χ4v) is 5.68. The second-order valence-electron chi connectivity index (χ2n) is 12.7. The molecule has 4 N–H and O–H groups in total. The molecule has 1 unspecified atom stereocenters. The van der Waals surface area contributed by atoms with Gasteiger partial charge < -0.3 is 25.2 Å². The smallest absolute Gasteiger partial charge is 0.472 e. The lowest BCUT2D eigenvalue weighted by Gasteiger charge is -2.20. The predicted octanol–water partition coefficient (Wildman–Crippen LogP) is 9.11. The number of carbonyl (C=O) groups is 3. The number of hydrogen-bond acceptors (Lipinski definition) is 9. The molecule has 0 saturated heterocycles. The van der Waals surface area contributed by atoms with E-state index in [0.717, 1.165) is 64.2 Å². The molecule has 11 nitrogen and oxygen atoms in total. The Morgan fingerprint density at radius 3 is 1.65 bits per heavy atom. The van der Waals surface area contributed by atoms with E-state index in [4.69, 9.17) is 24.8 Å². The van der Waals surface area contributed by atoms with Crippen LogP contribution in [-0.4, -0.2) is 59.9 Å². The summed E-state index contributed by atoms with van der Waals surface area (Å²) in [5, 5.41) is 8.85. The van der Waals surface area contributed by atoms with Crippen LogP contribution < -0.4 is 5.73 Å². The fraction of sp³-hybridized carbons (Fsp3) is 0.811. The van der Waals surface area contributed by atoms with Crippen LogP contribution in [0.2, 0.25) is 0 Å². The monoisotopic (exact) mass is 717 g/mol. The Balaban J connectivity index is 4.47. The summed E-state index contributed by atoms with van der Waals surface area (Å²) in [6.07, 6.45) is 31.0. The van der Waals surface area contributed by atoms with Crippen LogP contribution in [0.4, 0.5) is 0 Å². The van der Waals surface area contributed by atoms with Crippen molar-refractivity contribution < 1.29 is 47.5 Å². The van der Waals surface area contributed by atoms with Crippen LogP contribution in [0.3, 0.4) is 0 Å². The predicted molar refractivity (Wildman–Crippen MR) is 194 cm³/mol. The number of rotatable bonds is 35. The fourth-order valence-electron chi connectivity index (χ4n) is 4.90. The number of nitrogens with two attached hydrogens (primary N) is 1. The summed E-state index contributed by atoms with van der Waals surface area (Å²) in [5.74, 6) is -2.40. The average Bonchev–Trinajstić information content (AvgIpc) is 3.07. The van der Waals surface area contributed by atoms with Crippen LogP contribution in [0, 0.1) is 0 Å². The SMILES string of the molecule is CCCC/C=C/C/C=C/CCCCCCCC(=O)O[C@H](COC(=O)CCCCCCCCCCCCC)COP(=O)(O)OC[C@H](N)C(=O)O. The zero-order valence-electron chi connectivity index (χ0n) is 30.5. The maximum absolute atomic E-state index is 12.5. The van der Waals surface area contributed by atoms with Crippen LogP contribution in [0.15, 0.2) is 24.3 Å². The van der Waals surface area contributed by atoms with Gasteiger partial charge in [0, 0.05) is 12.8 Å². The zero-order valence-corrected chi connectivity index (χ0v) is 31.4. The first-order chi connectivity index (χ1) is 23.6. The van der Waals surface area contributed by atoms with Crippen molar-refractivity contribution in [2.24, 2.45) is 5.73 Å². The highest BCUT2D eigenvalue weighted by Crippen LogP contribution is 2.43. The Kier molecular flexibility index (Phi) is 31.7. The van der Waals surface area contributed by atoms with E-state index < -0.39 is 51.1 Å². The van der Waals surface area contributed by atoms with E-state index >= 15 is 0 Å². The van der Waals surface area contributed by atoms with Crippen molar-refractivity contribution in [3.8, 4) is 0 Å². The number of carboxylic acid groups (broad SMARTS) is 1. The van der Waals surface area contributed by atoms with Crippen molar-refractivity contribution in [1.82, 2.24) is 0 Å². The van der Waals surface area contributed by atoms with E-state index in [0.29, 0.717) is 12.8 Å². The molecule has 0 radical (unpaired) electrons. The molecular formula is C37H68NO10P. The second kappa shape index (κ2) is 33.1. The number of carbonyl (C=O) groups excluding carboxylic acids is 2. The van der Waals surface area contributed by atoms with Gasteiger partial charge in [-0.15, -0.1) is 0 Å². The lowest BCUT2D eigenvalue weighted by molar-refractivity contribution is -0.161. The number of esters is 2. The van der Waals surface area contributed by atoms with Crippen LogP contribution >= 0.6 is 7.82 Å². The van der Waals surface area contributed by atoms with Gasteiger partial charge in [-0.1, -0.05) is 134 Å². The minimum atomic E-state index is -4.71. The summed E-state index contributed by atoms with van der Waals surface area (Å²) in [5.41, 5.74) is 5.31. The Hall–Kier alpha value is -2.04. The number of ether oxygens (including phenoxy) is 2. The molecule has 0 heterocycles. The van der Waals surface area contributed by atoms with E-state index in [2.05, 4.69) is 42.7 Å². The average molecular weight is 718 g/mol. The standard InChI is InChI=1S/C37H68NO10P/c1-3-5-7-9-11-13-15-16-17-19-21-23-25-27-29-36(40)48-33(31-46-49(43,44)47-32-34(38)37(41)42)30-45-35(39)28-26-24-22-20-18-14-12-10-8-6-4-2/h9,11,15-16,33-34H,3-8,10,12-14,17-32,38H2,1-2H3,(H,41,42)(H,43,44)/b11-9+,16-15+/t33-,34+/m1/s1. The van der Waals surface area contributed by atoms with E-state index in [1.54, 1.807) is 0 Å². The molecular weight excluding hydrogens is 649 g/mol. The molecule has 0 aliphatic rings. The lowest BCUT2D eigenvalue weighted by Crippen LogP contribution is -2.34. The summed E-state index contributed by atoms with van der Waals surface area (Å²) >= 11 is 0. The summed E-state index contributed by atoms with van der Waals surface area (Å²) in [6, 6.07) is -1.52. The molecule has 0 spiro atoms. The van der Waals surface area contributed by atoms with Gasteiger partial charge in [0.1, 0.15) is 12.6 Å². The van der Waals surface area contributed by atoms with Crippen LogP contribution in [0.25, 0.3) is 0 Å². The van der Waals surface area contributed by atoms with Crippen molar-refractivity contribution in [3.63, 3.8) is 0 Å². The first-order valence-corrected chi connectivity index (χ1v) is 20.4. The molecule has 0 bridgehead atoms. The van der Waals surface area contributed by atoms with E-state index in [1.807, 2.05) is 0 Å². The largest absolute Gasteiger partial charge is 0.480 e. The maximum atomic E-state index is 12.5. The number of aliphatic carboxylic acids is 1. The van der Waals surface area contributed by atoms with Gasteiger partial charge >= 0.3 is 25.7 Å². The number of phosphoric ester groups is 1. The second-order valence-corrected chi connectivity index (χ2v) is 14.2. The molecule has 3 atom stereocenters. The van der Waals surface area contributed by atoms with Crippen molar-refractivity contribution >= 4 is 25.7 Å². The Bertz CT molecular complexity index is 942. The van der Waals surface area contributed by atoms with Crippen molar-refractivity contribution in [1.29, 1.82) is 0 Å². The van der Waals surface area contributed by atoms with Crippen molar-refractivity contribution in [2.75, 3.05) is 19.8 Å². The lowest BCUT2D eigenvalue weighted by atomic mass is 10.1. The number of phosphoric acid groups is 1. The Labute approximate surface area is 296 Å². The molecule has 0 fully saturated rings. The normalized spacial score (nSPS) is 14.2. The van der Waals surface area contributed by atoms with Gasteiger partial charge in [-0.2, -0.15) is 0 Å². The van der Waals surface area contributed by atoms with Gasteiger partial charge in [0.15, 0.2) is 6.10 Å². The Morgan fingerprint density at radius 2 is 1.10 bits per heavy atom. The van der Waals surface area contributed by atoms with Gasteiger partial charge in [0.25, 0.3) is 0 Å². The van der Waals surface area contributed by atoms with E-state index in [9.17, 15) is 23.8 Å². The van der Waals surface area contributed by atoms with Gasteiger partial charge in [0.05, 0.1) is 13.2 Å². The first-order valence-electron chi connectivity index (χ1n) is 18.9. The number of unbranched alkanes of at least 4 members (excludes halogenated alkanes) is 17. The molecule has 0 aliphatic heterocycles. The summed E-state index contributed by atoms with van der Waals surface area (Å²) in [6.45, 7) is 2.72. The summed E-state index contributed by atoms with van der Waals surface area (Å²) in [7, 11) is -4.71. The van der Waals surface area contributed by atoms with Crippen LogP contribution in [0.1, 0.15) is 162 Å². The number of carboxylic acids is 1. The minimum absolute atomic E-state index is 0.147. The van der Waals surface area contributed by atoms with E-state index in [-0.39, 0.29) is 19.4 Å². The molecule has 286 valence electrons. The number of hydrogen-bond donors (Lipinski definition) is 3. The third kappa shape index (κ3) is 32.9. The van der Waals surface area contributed by atoms with Gasteiger partial charge in [-0.25, -0.2) is 4.57 Å². The minimum Gasteiger partial charge on any atom is -0.480 e.